The molecule has 252 valence electrons. The number of nitrogens with zero attached hydrogens (tertiary/aromatic N) is 6. The number of aliphatic carboxylic acids is 1. The number of hydrogen-bond acceptors (Lipinski definition) is 11. The van der Waals surface area contributed by atoms with Crippen molar-refractivity contribution in [3.05, 3.63) is 96.3 Å². The lowest BCUT2D eigenvalue weighted by atomic mass is 10.0. The van der Waals surface area contributed by atoms with E-state index in [0.717, 1.165) is 5.57 Å². The maximum atomic E-state index is 13.1. The third kappa shape index (κ3) is 8.54. The number of amides is 1. The van der Waals surface area contributed by atoms with Gasteiger partial charge in [-0.3, -0.25) is 9.59 Å². The molecule has 0 bridgehead atoms. The highest BCUT2D eigenvalue weighted by Crippen LogP contribution is 2.29. The van der Waals surface area contributed by atoms with Crippen LogP contribution in [0.5, 0.6) is 5.88 Å². The summed E-state index contributed by atoms with van der Waals surface area (Å²) in [6, 6.07) is 10.6. The van der Waals surface area contributed by atoms with Crippen molar-refractivity contribution < 1.29 is 41.4 Å². The Labute approximate surface area is 273 Å². The number of pyridine rings is 2. The maximum Gasteiger partial charge on any atom is 0.345 e. The summed E-state index contributed by atoms with van der Waals surface area (Å²) in [6.45, 7) is -1.47. The van der Waals surface area contributed by atoms with Crippen LogP contribution < -0.4 is 15.0 Å². The van der Waals surface area contributed by atoms with E-state index < -0.39 is 46.8 Å². The summed E-state index contributed by atoms with van der Waals surface area (Å²) in [5, 5.41) is 20.2. The Balaban J connectivity index is 1.27. The molecular formula is C31H31F2N7O7S. The molecule has 17 heteroatoms. The van der Waals surface area contributed by atoms with E-state index in [9.17, 15) is 31.9 Å². The van der Waals surface area contributed by atoms with Gasteiger partial charge in [0.15, 0.2) is 9.84 Å². The Morgan fingerprint density at radius 3 is 2.42 bits per heavy atom. The van der Waals surface area contributed by atoms with Gasteiger partial charge in [-0.05, 0) is 47.9 Å². The lowest BCUT2D eigenvalue weighted by molar-refractivity contribution is -0.137. The fourth-order valence-corrected chi connectivity index (χ4v) is 5.88. The lowest BCUT2D eigenvalue weighted by Gasteiger charge is -2.25. The van der Waals surface area contributed by atoms with Gasteiger partial charge < -0.3 is 24.8 Å². The first-order valence-electron chi connectivity index (χ1n) is 14.7. The van der Waals surface area contributed by atoms with E-state index in [2.05, 4.69) is 30.2 Å². The Morgan fingerprint density at radius 1 is 1.06 bits per heavy atom. The van der Waals surface area contributed by atoms with Gasteiger partial charge in [-0.2, -0.15) is 23.8 Å². The van der Waals surface area contributed by atoms with Crippen molar-refractivity contribution in [1.29, 1.82) is 0 Å². The molecule has 4 heterocycles. The molecule has 14 nitrogen and oxygen atoms in total. The average molecular weight is 684 g/mol. The first-order valence-corrected chi connectivity index (χ1v) is 16.3. The first-order chi connectivity index (χ1) is 23.0. The fraction of sp³-hybridized carbons (Fsp3) is 0.290. The molecule has 1 saturated heterocycles. The van der Waals surface area contributed by atoms with Crippen molar-refractivity contribution in [2.45, 2.75) is 43.4 Å². The van der Waals surface area contributed by atoms with Gasteiger partial charge in [-0.15, -0.1) is 0 Å². The van der Waals surface area contributed by atoms with Crippen molar-refractivity contribution in [1.82, 2.24) is 30.3 Å². The van der Waals surface area contributed by atoms with Crippen molar-refractivity contribution in [2.24, 2.45) is 0 Å². The average Bonchev–Trinajstić information content (AvgIpc) is 3.77. The van der Waals surface area contributed by atoms with Gasteiger partial charge >= 0.3 is 12.6 Å². The number of alkyl halides is 2. The number of nitrogens with one attached hydrogen (secondary N) is 1. The van der Waals surface area contributed by atoms with Gasteiger partial charge in [0, 0.05) is 18.8 Å². The number of carboxylic acids is 1. The van der Waals surface area contributed by atoms with Crippen LogP contribution in [0.4, 0.5) is 14.6 Å². The number of rotatable bonds is 14. The van der Waals surface area contributed by atoms with Gasteiger partial charge in [-0.1, -0.05) is 19.1 Å². The highest BCUT2D eigenvalue weighted by molar-refractivity contribution is 7.91. The minimum Gasteiger partial charge on any atom is -0.481 e. The Bertz CT molecular complexity index is 1840. The van der Waals surface area contributed by atoms with Crippen LogP contribution in [0.2, 0.25) is 0 Å². The molecule has 1 fully saturated rings. The zero-order valence-corrected chi connectivity index (χ0v) is 26.3. The molecule has 4 aromatic rings. The summed E-state index contributed by atoms with van der Waals surface area (Å²) in [6.07, 6.45) is 7.29. The Hall–Kier alpha value is -5.29. The van der Waals surface area contributed by atoms with Crippen LogP contribution in [0.1, 0.15) is 41.7 Å². The highest BCUT2D eigenvalue weighted by atomic mass is 32.2. The topological polar surface area (TPSA) is 179 Å². The van der Waals surface area contributed by atoms with Crippen LogP contribution >= 0.6 is 0 Å². The molecule has 5 rings (SSSR count). The summed E-state index contributed by atoms with van der Waals surface area (Å²) in [5.74, 6) is -1.18. The highest BCUT2D eigenvalue weighted by Gasteiger charge is 2.31. The molecule has 1 aromatic carbocycles. The van der Waals surface area contributed by atoms with E-state index in [-0.39, 0.29) is 29.4 Å². The van der Waals surface area contributed by atoms with Crippen molar-refractivity contribution >= 4 is 27.5 Å². The summed E-state index contributed by atoms with van der Waals surface area (Å²) < 4.78 is 60.5. The van der Waals surface area contributed by atoms with E-state index in [1.807, 2.05) is 0 Å². The number of anilines is 1. The molecule has 1 aliphatic heterocycles. The third-order valence-corrected chi connectivity index (χ3v) is 9.20. The normalized spacial score (nSPS) is 16.3. The zero-order chi connectivity index (χ0) is 34.3. The van der Waals surface area contributed by atoms with Crippen molar-refractivity contribution in [3.8, 4) is 11.6 Å². The second-order valence-corrected chi connectivity index (χ2v) is 12.9. The second-order valence-electron chi connectivity index (χ2n) is 10.6. The van der Waals surface area contributed by atoms with E-state index in [1.54, 1.807) is 23.1 Å². The molecule has 0 unspecified atom stereocenters. The lowest BCUT2D eigenvalue weighted by Crippen LogP contribution is -2.34. The van der Waals surface area contributed by atoms with Crippen LogP contribution in [0.25, 0.3) is 5.69 Å². The van der Waals surface area contributed by atoms with Gasteiger partial charge in [-0.25, -0.2) is 18.4 Å². The van der Waals surface area contributed by atoms with Crippen molar-refractivity contribution in [3.63, 3.8) is 0 Å². The molecule has 48 heavy (non-hydrogen) atoms. The number of halogens is 2. The summed E-state index contributed by atoms with van der Waals surface area (Å²) >= 11 is 0. The molecule has 2 atom stereocenters. The number of benzene rings is 1. The molecule has 0 aliphatic carbocycles. The minimum absolute atomic E-state index is 0.0900. The number of carbonyl (C=O) groups is 2. The molecule has 1 amide bonds. The predicted molar refractivity (Wildman–Crippen MR) is 166 cm³/mol. The van der Waals surface area contributed by atoms with Crippen LogP contribution in [0.3, 0.4) is 0 Å². The van der Waals surface area contributed by atoms with Gasteiger partial charge in [0.2, 0.25) is 5.88 Å². The molecule has 2 N–H and O–H groups in total. The van der Waals surface area contributed by atoms with Crippen LogP contribution in [-0.4, -0.2) is 81.9 Å². The number of carboxylic acid groups (broad SMARTS) is 1. The van der Waals surface area contributed by atoms with Gasteiger partial charge in [0.25, 0.3) is 5.91 Å². The van der Waals surface area contributed by atoms with E-state index in [1.165, 1.54) is 73.1 Å². The number of carbonyl (C=O) groups excluding carboxylic acids is 1. The second kappa shape index (κ2) is 15.1. The van der Waals surface area contributed by atoms with Crippen LogP contribution in [0, 0.1) is 0 Å². The summed E-state index contributed by atoms with van der Waals surface area (Å²) in [4.78, 5) is 36.5. The molecule has 0 saturated carbocycles. The smallest absolute Gasteiger partial charge is 0.345 e. The Kier molecular flexibility index (Phi) is 10.7. The van der Waals surface area contributed by atoms with E-state index >= 15 is 0 Å². The quantitative estimate of drug-likeness (QED) is 0.185. The van der Waals surface area contributed by atoms with Crippen LogP contribution in [-0.2, 0) is 19.4 Å². The number of ether oxygens (including phenoxy) is 2. The largest absolute Gasteiger partial charge is 0.481 e. The van der Waals surface area contributed by atoms with Gasteiger partial charge in [0.05, 0.1) is 66.2 Å². The van der Waals surface area contributed by atoms with Gasteiger partial charge in [0.1, 0.15) is 11.5 Å². The standard InChI is InChI=1S/C31H31F2N7O7S/c1-2-48(44,45)25-7-3-21(4-8-25)26(14-29(41)42)38-30(43)22-5-9-27(34-15-22)39-17-20(13-24(39)19-47-31(32)33)18-46-28-10-6-23(16-35-28)40-36-11-12-37-40/h3-12,15-16,18,24,26,31H,2,13-14,17,19H2,1H3,(H,38,43)(H,41,42)/t24-,26-/m0/s1. The van der Waals surface area contributed by atoms with E-state index in [4.69, 9.17) is 4.74 Å². The molecular weight excluding hydrogens is 652 g/mol. The van der Waals surface area contributed by atoms with Crippen molar-refractivity contribution in [2.75, 3.05) is 23.8 Å². The zero-order valence-electron chi connectivity index (χ0n) is 25.5. The number of sulfone groups is 1. The predicted octanol–water partition coefficient (Wildman–Crippen LogP) is 3.58. The fourth-order valence-electron chi connectivity index (χ4n) is 5.00. The number of aromatic nitrogens is 5. The molecule has 0 spiro atoms. The summed E-state index contributed by atoms with van der Waals surface area (Å²) in [7, 11) is -3.46. The third-order valence-electron chi connectivity index (χ3n) is 7.45. The van der Waals surface area contributed by atoms with E-state index in [0.29, 0.717) is 29.4 Å². The minimum atomic E-state index is -3.46. The number of hydrogen-bond donors (Lipinski definition) is 2. The molecule has 0 radical (unpaired) electrons. The maximum absolute atomic E-state index is 13.1. The SMILES string of the molecule is CCS(=O)(=O)c1ccc([C@H](CC(=O)O)NC(=O)c2ccc(N3CC(=COc4ccc(-n5nccn5)cn4)C[C@H]3COC(F)F)nc2)cc1. The molecule has 3 aromatic heterocycles. The van der Waals surface area contributed by atoms with Crippen LogP contribution in [0.15, 0.2) is 90.0 Å². The monoisotopic (exact) mass is 683 g/mol. The molecule has 1 aliphatic rings. The Morgan fingerprint density at radius 2 is 1.81 bits per heavy atom. The summed E-state index contributed by atoms with van der Waals surface area (Å²) in [5.41, 5.74) is 1.93. The first kappa shape index (κ1) is 34.1.